The van der Waals surface area contributed by atoms with Crippen molar-refractivity contribution in [2.45, 2.75) is 38.5 Å². The van der Waals surface area contributed by atoms with E-state index in [2.05, 4.69) is 18.1 Å². The van der Waals surface area contributed by atoms with Gasteiger partial charge in [-0.1, -0.05) is 25.1 Å². The van der Waals surface area contributed by atoms with Crippen LogP contribution >= 0.6 is 0 Å². The molecular weight excluding hydrogens is 238 g/mol. The van der Waals surface area contributed by atoms with Crippen LogP contribution in [0.1, 0.15) is 30.6 Å². The van der Waals surface area contributed by atoms with Crippen molar-refractivity contribution >= 4 is 0 Å². The zero-order valence-corrected chi connectivity index (χ0v) is 11.1. The number of rotatable bonds is 4. The fraction of sp³-hybridized carbons (Fsp3) is 0.400. The monoisotopic (exact) mass is 257 g/mol. The molecule has 100 valence electrons. The average Bonchev–Trinajstić information content (AvgIpc) is 3.04. The van der Waals surface area contributed by atoms with E-state index >= 15 is 0 Å². The van der Waals surface area contributed by atoms with Gasteiger partial charge in [0.25, 0.3) is 0 Å². The Labute approximate surface area is 113 Å². The Balaban J connectivity index is 1.79. The van der Waals surface area contributed by atoms with Crippen molar-refractivity contribution in [2.24, 2.45) is 5.73 Å². The summed E-state index contributed by atoms with van der Waals surface area (Å²) in [6, 6.07) is 10.00. The van der Waals surface area contributed by atoms with Crippen molar-refractivity contribution in [1.82, 2.24) is 9.78 Å². The highest BCUT2D eigenvalue weighted by atomic mass is 16.5. The first-order chi connectivity index (χ1) is 9.29. The van der Waals surface area contributed by atoms with Crippen LogP contribution in [-0.2, 0) is 13.0 Å². The fourth-order valence-electron chi connectivity index (χ4n) is 2.62. The molecule has 2 N–H and O–H groups in total. The summed E-state index contributed by atoms with van der Waals surface area (Å²) in [4.78, 5) is 0. The predicted molar refractivity (Wildman–Crippen MR) is 74.0 cm³/mol. The molecule has 2 atom stereocenters. The van der Waals surface area contributed by atoms with Crippen molar-refractivity contribution < 1.29 is 4.74 Å². The van der Waals surface area contributed by atoms with Gasteiger partial charge in [0.1, 0.15) is 11.9 Å². The van der Waals surface area contributed by atoms with Crippen LogP contribution in [0.15, 0.2) is 36.5 Å². The van der Waals surface area contributed by atoms with Gasteiger partial charge in [-0.3, -0.25) is 4.68 Å². The van der Waals surface area contributed by atoms with Crippen LogP contribution in [-0.4, -0.2) is 15.9 Å². The molecule has 4 nitrogen and oxygen atoms in total. The summed E-state index contributed by atoms with van der Waals surface area (Å²) < 4.78 is 7.94. The summed E-state index contributed by atoms with van der Waals surface area (Å²) in [5.41, 5.74) is 8.66. The molecule has 1 aromatic heterocycles. The molecule has 2 aromatic rings. The van der Waals surface area contributed by atoms with Gasteiger partial charge >= 0.3 is 0 Å². The molecule has 2 unspecified atom stereocenters. The van der Waals surface area contributed by atoms with E-state index in [0.717, 1.165) is 30.8 Å². The highest BCUT2D eigenvalue weighted by Gasteiger charge is 2.30. The Morgan fingerprint density at radius 2 is 2.26 bits per heavy atom. The van der Waals surface area contributed by atoms with Crippen molar-refractivity contribution in [1.29, 1.82) is 0 Å². The lowest BCUT2D eigenvalue weighted by Gasteiger charge is -2.20. The quantitative estimate of drug-likeness (QED) is 0.914. The van der Waals surface area contributed by atoms with Gasteiger partial charge in [-0.2, -0.15) is 5.10 Å². The van der Waals surface area contributed by atoms with Gasteiger partial charge in [-0.25, -0.2) is 0 Å². The normalized spacial score (nSPS) is 18.9. The van der Waals surface area contributed by atoms with Crippen LogP contribution in [0.4, 0.5) is 0 Å². The maximum absolute atomic E-state index is 6.37. The molecular formula is C15H19N3O. The molecule has 0 radical (unpaired) electrons. The zero-order valence-electron chi connectivity index (χ0n) is 11.1. The van der Waals surface area contributed by atoms with Crippen LogP contribution < -0.4 is 10.5 Å². The molecule has 0 amide bonds. The molecule has 3 rings (SSSR count). The number of aromatic nitrogens is 2. The topological polar surface area (TPSA) is 53.1 Å². The lowest BCUT2D eigenvalue weighted by Crippen LogP contribution is -2.32. The summed E-state index contributed by atoms with van der Waals surface area (Å²) >= 11 is 0. The first-order valence-electron chi connectivity index (χ1n) is 6.81. The number of nitrogens with two attached hydrogens (primary N) is 1. The molecule has 1 aliphatic heterocycles. The average molecular weight is 257 g/mol. The standard InChI is InChI=1S/C15H19N3O/c1-2-9-18-12(7-8-17-18)15(16)14-10-11-5-3-4-6-13(11)19-14/h3-8,14-15H,2,9-10,16H2,1H3. The summed E-state index contributed by atoms with van der Waals surface area (Å²) in [6.07, 6.45) is 3.74. The van der Waals surface area contributed by atoms with Crippen LogP contribution in [0.2, 0.25) is 0 Å². The third-order valence-corrected chi connectivity index (χ3v) is 3.60. The second-order valence-electron chi connectivity index (χ2n) is 4.97. The van der Waals surface area contributed by atoms with E-state index in [1.807, 2.05) is 35.1 Å². The van der Waals surface area contributed by atoms with E-state index in [-0.39, 0.29) is 12.1 Å². The number of para-hydroxylation sites is 1. The van der Waals surface area contributed by atoms with E-state index in [4.69, 9.17) is 10.5 Å². The maximum atomic E-state index is 6.37. The highest BCUT2D eigenvalue weighted by molar-refractivity contribution is 5.38. The number of aryl methyl sites for hydroxylation is 1. The van der Waals surface area contributed by atoms with Gasteiger partial charge in [0, 0.05) is 19.2 Å². The van der Waals surface area contributed by atoms with Gasteiger partial charge in [-0.15, -0.1) is 0 Å². The molecule has 0 spiro atoms. The SMILES string of the molecule is CCCn1nccc1C(N)C1Cc2ccccc2O1. The van der Waals surface area contributed by atoms with Gasteiger partial charge in [0.05, 0.1) is 11.7 Å². The van der Waals surface area contributed by atoms with Crippen LogP contribution in [0.3, 0.4) is 0 Å². The molecule has 0 bridgehead atoms. The third-order valence-electron chi connectivity index (χ3n) is 3.60. The van der Waals surface area contributed by atoms with Crippen LogP contribution in [0.25, 0.3) is 0 Å². The molecule has 2 heterocycles. The molecule has 0 saturated carbocycles. The Kier molecular flexibility index (Phi) is 3.25. The number of benzene rings is 1. The molecule has 0 aliphatic carbocycles. The highest BCUT2D eigenvalue weighted by Crippen LogP contribution is 2.32. The number of ether oxygens (including phenoxy) is 1. The number of fused-ring (bicyclic) bond motifs is 1. The van der Waals surface area contributed by atoms with Crippen LogP contribution in [0, 0.1) is 0 Å². The number of hydrogen-bond donors (Lipinski definition) is 1. The number of hydrogen-bond acceptors (Lipinski definition) is 3. The lowest BCUT2D eigenvalue weighted by molar-refractivity contribution is 0.194. The first-order valence-corrected chi connectivity index (χ1v) is 6.81. The van der Waals surface area contributed by atoms with Crippen molar-refractivity contribution in [2.75, 3.05) is 0 Å². The third kappa shape index (κ3) is 2.24. The molecule has 0 saturated heterocycles. The molecule has 4 heteroatoms. The first kappa shape index (κ1) is 12.2. The van der Waals surface area contributed by atoms with E-state index in [1.165, 1.54) is 5.56 Å². The van der Waals surface area contributed by atoms with Gasteiger partial charge in [-0.05, 0) is 24.1 Å². The summed E-state index contributed by atoms with van der Waals surface area (Å²) in [6.45, 7) is 3.04. The number of nitrogens with zero attached hydrogens (tertiary/aromatic N) is 2. The Bertz CT molecular complexity index is 539. The lowest BCUT2D eigenvalue weighted by atomic mass is 10.0. The minimum absolute atomic E-state index is 0.00436. The fourth-order valence-corrected chi connectivity index (χ4v) is 2.62. The van der Waals surface area contributed by atoms with E-state index < -0.39 is 0 Å². The summed E-state index contributed by atoms with van der Waals surface area (Å²) in [7, 11) is 0. The minimum atomic E-state index is -0.138. The van der Waals surface area contributed by atoms with E-state index in [0.29, 0.717) is 0 Å². The summed E-state index contributed by atoms with van der Waals surface area (Å²) in [5.74, 6) is 0.963. The van der Waals surface area contributed by atoms with Crippen molar-refractivity contribution in [3.05, 3.63) is 47.8 Å². The Hall–Kier alpha value is -1.81. The molecule has 1 aromatic carbocycles. The van der Waals surface area contributed by atoms with Gasteiger partial charge < -0.3 is 10.5 Å². The van der Waals surface area contributed by atoms with E-state index in [9.17, 15) is 0 Å². The Morgan fingerprint density at radius 1 is 1.42 bits per heavy atom. The van der Waals surface area contributed by atoms with Gasteiger partial charge in [0.15, 0.2) is 0 Å². The molecule has 19 heavy (non-hydrogen) atoms. The minimum Gasteiger partial charge on any atom is -0.488 e. The van der Waals surface area contributed by atoms with Gasteiger partial charge in [0.2, 0.25) is 0 Å². The maximum Gasteiger partial charge on any atom is 0.124 e. The molecule has 0 fully saturated rings. The smallest absolute Gasteiger partial charge is 0.124 e. The molecule has 1 aliphatic rings. The Morgan fingerprint density at radius 3 is 3.05 bits per heavy atom. The van der Waals surface area contributed by atoms with Crippen molar-refractivity contribution in [3.63, 3.8) is 0 Å². The van der Waals surface area contributed by atoms with Crippen molar-refractivity contribution in [3.8, 4) is 5.75 Å². The van der Waals surface area contributed by atoms with Crippen LogP contribution in [0.5, 0.6) is 5.75 Å². The predicted octanol–water partition coefficient (Wildman–Crippen LogP) is 2.30. The second kappa shape index (κ2) is 5.05. The largest absolute Gasteiger partial charge is 0.488 e. The second-order valence-corrected chi connectivity index (χ2v) is 4.97. The zero-order chi connectivity index (χ0) is 13.2. The van der Waals surface area contributed by atoms with E-state index in [1.54, 1.807) is 0 Å². The summed E-state index contributed by atoms with van der Waals surface area (Å²) in [5, 5.41) is 4.33.